The topological polar surface area (TPSA) is 77.8 Å². The number of anilines is 1. The van der Waals surface area contributed by atoms with Gasteiger partial charge in [-0.15, -0.1) is 0 Å². The maximum absolute atomic E-state index is 12.6. The fourth-order valence-electron chi connectivity index (χ4n) is 3.16. The SMILES string of the molecule is COc1cc2c(cc1NC(=O)C(C)OC(=O)c1ccccc1Cl)oc1ccccc12. The first kappa shape index (κ1) is 19.8. The van der Waals surface area contributed by atoms with E-state index in [2.05, 4.69) is 5.32 Å². The number of esters is 1. The first-order valence-electron chi connectivity index (χ1n) is 9.23. The number of fused-ring (bicyclic) bond motifs is 3. The van der Waals surface area contributed by atoms with Crippen LogP contribution in [0.3, 0.4) is 0 Å². The molecular formula is C23H18ClNO5. The van der Waals surface area contributed by atoms with E-state index in [1.165, 1.54) is 20.1 Å². The van der Waals surface area contributed by atoms with Crippen LogP contribution in [0.25, 0.3) is 21.9 Å². The van der Waals surface area contributed by atoms with Crippen molar-refractivity contribution >= 4 is 51.1 Å². The molecular weight excluding hydrogens is 406 g/mol. The number of benzene rings is 3. The first-order valence-corrected chi connectivity index (χ1v) is 9.61. The van der Waals surface area contributed by atoms with E-state index >= 15 is 0 Å². The van der Waals surface area contributed by atoms with Crippen molar-refractivity contribution in [2.45, 2.75) is 13.0 Å². The van der Waals surface area contributed by atoms with E-state index < -0.39 is 18.0 Å². The highest BCUT2D eigenvalue weighted by Crippen LogP contribution is 2.36. The summed E-state index contributed by atoms with van der Waals surface area (Å²) >= 11 is 6.01. The van der Waals surface area contributed by atoms with Gasteiger partial charge in [-0.3, -0.25) is 4.79 Å². The molecule has 152 valence electrons. The number of carbonyl (C=O) groups excluding carboxylic acids is 2. The Labute approximate surface area is 177 Å². The molecule has 4 rings (SSSR count). The van der Waals surface area contributed by atoms with Crippen LogP contribution in [0.5, 0.6) is 5.75 Å². The molecule has 1 aromatic heterocycles. The summed E-state index contributed by atoms with van der Waals surface area (Å²) < 4.78 is 16.6. The molecule has 1 amide bonds. The van der Waals surface area contributed by atoms with Gasteiger partial charge in [0.15, 0.2) is 6.10 Å². The number of para-hydroxylation sites is 1. The lowest BCUT2D eigenvalue weighted by atomic mass is 10.1. The number of hydrogen-bond donors (Lipinski definition) is 1. The summed E-state index contributed by atoms with van der Waals surface area (Å²) in [6.45, 7) is 1.48. The van der Waals surface area contributed by atoms with Crippen LogP contribution in [0.4, 0.5) is 5.69 Å². The van der Waals surface area contributed by atoms with Gasteiger partial charge in [-0.1, -0.05) is 41.9 Å². The molecule has 0 saturated heterocycles. The highest BCUT2D eigenvalue weighted by Gasteiger charge is 2.22. The van der Waals surface area contributed by atoms with Crippen LogP contribution in [0, 0.1) is 0 Å². The predicted molar refractivity (Wildman–Crippen MR) is 115 cm³/mol. The molecule has 0 bridgehead atoms. The zero-order chi connectivity index (χ0) is 21.3. The van der Waals surface area contributed by atoms with Crippen LogP contribution in [0.15, 0.2) is 65.1 Å². The Morgan fingerprint density at radius 2 is 1.73 bits per heavy atom. The van der Waals surface area contributed by atoms with E-state index in [1.54, 1.807) is 30.3 Å². The summed E-state index contributed by atoms with van der Waals surface area (Å²) in [4.78, 5) is 24.9. The van der Waals surface area contributed by atoms with Gasteiger partial charge in [0.2, 0.25) is 0 Å². The second-order valence-corrected chi connectivity index (χ2v) is 7.07. The third-order valence-electron chi connectivity index (χ3n) is 4.70. The van der Waals surface area contributed by atoms with Crippen LogP contribution >= 0.6 is 11.6 Å². The van der Waals surface area contributed by atoms with Crippen molar-refractivity contribution < 1.29 is 23.5 Å². The number of carbonyl (C=O) groups is 2. The standard InChI is InChI=1S/C23H18ClNO5/c1-13(29-23(27)15-8-3-5-9-17(15)24)22(26)25-18-12-20-16(11-21(18)28-2)14-7-4-6-10-19(14)30-20/h3-13H,1-2H3,(H,25,26). The summed E-state index contributed by atoms with van der Waals surface area (Å²) in [6.07, 6.45) is -1.05. The van der Waals surface area contributed by atoms with Crippen molar-refractivity contribution in [3.8, 4) is 5.75 Å². The smallest absolute Gasteiger partial charge is 0.340 e. The Morgan fingerprint density at radius 1 is 1.00 bits per heavy atom. The third kappa shape index (κ3) is 3.69. The van der Waals surface area contributed by atoms with E-state index in [9.17, 15) is 9.59 Å². The fourth-order valence-corrected chi connectivity index (χ4v) is 3.37. The van der Waals surface area contributed by atoms with Crippen LogP contribution in [-0.2, 0) is 9.53 Å². The van der Waals surface area contributed by atoms with E-state index in [1.807, 2.05) is 24.3 Å². The molecule has 0 spiro atoms. The van der Waals surface area contributed by atoms with Crippen LogP contribution in [-0.4, -0.2) is 25.1 Å². The Hall–Kier alpha value is -3.51. The number of furan rings is 1. The zero-order valence-electron chi connectivity index (χ0n) is 16.3. The maximum Gasteiger partial charge on any atom is 0.340 e. The molecule has 0 aliphatic heterocycles. The second-order valence-electron chi connectivity index (χ2n) is 6.66. The highest BCUT2D eigenvalue weighted by atomic mass is 35.5. The van der Waals surface area contributed by atoms with Gasteiger partial charge >= 0.3 is 5.97 Å². The van der Waals surface area contributed by atoms with E-state index in [0.717, 1.165) is 16.4 Å². The Morgan fingerprint density at radius 3 is 2.50 bits per heavy atom. The van der Waals surface area contributed by atoms with Crippen LogP contribution in [0.2, 0.25) is 5.02 Å². The number of rotatable bonds is 5. The summed E-state index contributed by atoms with van der Waals surface area (Å²) in [5.41, 5.74) is 1.95. The van der Waals surface area contributed by atoms with Gasteiger partial charge in [0.1, 0.15) is 16.9 Å². The number of nitrogens with one attached hydrogen (secondary N) is 1. The lowest BCUT2D eigenvalue weighted by molar-refractivity contribution is -0.123. The molecule has 7 heteroatoms. The van der Waals surface area contributed by atoms with Gasteiger partial charge in [-0.2, -0.15) is 0 Å². The molecule has 0 aliphatic carbocycles. The van der Waals surface area contributed by atoms with Gasteiger partial charge in [0.05, 0.1) is 23.4 Å². The van der Waals surface area contributed by atoms with Gasteiger partial charge in [0.25, 0.3) is 5.91 Å². The van der Waals surface area contributed by atoms with E-state index in [-0.39, 0.29) is 10.6 Å². The van der Waals surface area contributed by atoms with Crippen molar-refractivity contribution in [2.75, 3.05) is 12.4 Å². The minimum absolute atomic E-state index is 0.195. The molecule has 0 fully saturated rings. The molecule has 0 aliphatic rings. The fraction of sp³-hybridized carbons (Fsp3) is 0.130. The Bertz CT molecular complexity index is 1260. The van der Waals surface area contributed by atoms with Crippen LogP contribution in [0.1, 0.15) is 17.3 Å². The molecule has 30 heavy (non-hydrogen) atoms. The number of ether oxygens (including phenoxy) is 2. The van der Waals surface area contributed by atoms with Gasteiger partial charge in [-0.25, -0.2) is 4.79 Å². The van der Waals surface area contributed by atoms with Gasteiger partial charge in [0, 0.05) is 16.8 Å². The van der Waals surface area contributed by atoms with Gasteiger partial charge < -0.3 is 19.2 Å². The lowest BCUT2D eigenvalue weighted by Crippen LogP contribution is -2.30. The number of hydrogen-bond acceptors (Lipinski definition) is 5. The average molecular weight is 424 g/mol. The van der Waals surface area contributed by atoms with Crippen molar-refractivity contribution in [3.63, 3.8) is 0 Å². The molecule has 3 aromatic carbocycles. The van der Waals surface area contributed by atoms with E-state index in [4.69, 9.17) is 25.5 Å². The second kappa shape index (κ2) is 8.08. The highest BCUT2D eigenvalue weighted by molar-refractivity contribution is 6.33. The number of methoxy groups -OCH3 is 1. The average Bonchev–Trinajstić information content (AvgIpc) is 3.10. The summed E-state index contributed by atoms with van der Waals surface area (Å²) in [5.74, 6) is -0.723. The Kier molecular flexibility index (Phi) is 5.33. The predicted octanol–water partition coefficient (Wildman–Crippen LogP) is 5.43. The minimum atomic E-state index is -1.05. The van der Waals surface area contributed by atoms with Crippen molar-refractivity contribution in [1.29, 1.82) is 0 Å². The molecule has 0 radical (unpaired) electrons. The number of halogens is 1. The van der Waals surface area contributed by atoms with Gasteiger partial charge in [-0.05, 0) is 31.2 Å². The Balaban J connectivity index is 1.56. The summed E-state index contributed by atoms with van der Waals surface area (Å²) in [5, 5.41) is 4.82. The maximum atomic E-state index is 12.6. The largest absolute Gasteiger partial charge is 0.495 e. The molecule has 1 atom stereocenters. The minimum Gasteiger partial charge on any atom is -0.495 e. The monoisotopic (exact) mass is 423 g/mol. The molecule has 4 aromatic rings. The van der Waals surface area contributed by atoms with Crippen LogP contribution < -0.4 is 10.1 Å². The molecule has 6 nitrogen and oxygen atoms in total. The number of amides is 1. The summed E-state index contributed by atoms with van der Waals surface area (Å²) in [7, 11) is 1.51. The molecule has 1 unspecified atom stereocenters. The third-order valence-corrected chi connectivity index (χ3v) is 5.03. The van der Waals surface area contributed by atoms with Crippen molar-refractivity contribution in [3.05, 3.63) is 71.2 Å². The molecule has 1 heterocycles. The lowest BCUT2D eigenvalue weighted by Gasteiger charge is -2.15. The first-order chi connectivity index (χ1) is 14.5. The molecule has 0 saturated carbocycles. The zero-order valence-corrected chi connectivity index (χ0v) is 17.0. The van der Waals surface area contributed by atoms with Crippen molar-refractivity contribution in [2.24, 2.45) is 0 Å². The van der Waals surface area contributed by atoms with Crippen molar-refractivity contribution in [1.82, 2.24) is 0 Å². The quantitative estimate of drug-likeness (QED) is 0.433. The normalized spacial score (nSPS) is 12.0. The summed E-state index contributed by atoms with van der Waals surface area (Å²) in [6, 6.07) is 17.6. The van der Waals surface area contributed by atoms with E-state index in [0.29, 0.717) is 17.0 Å². The molecule has 1 N–H and O–H groups in total.